The van der Waals surface area contributed by atoms with Crippen molar-refractivity contribution >= 4 is 5.91 Å². The van der Waals surface area contributed by atoms with E-state index in [1.807, 2.05) is 31.2 Å². The first kappa shape index (κ1) is 24.7. The molecule has 2 heterocycles. The molecule has 0 spiro atoms. The summed E-state index contributed by atoms with van der Waals surface area (Å²) >= 11 is 0. The van der Waals surface area contributed by atoms with Gasteiger partial charge in [-0.3, -0.25) is 14.6 Å². The summed E-state index contributed by atoms with van der Waals surface area (Å²) in [5.74, 6) is 1.27. The number of amides is 1. The number of benzene rings is 2. The first-order valence-corrected chi connectivity index (χ1v) is 11.6. The summed E-state index contributed by atoms with van der Waals surface area (Å²) in [6.07, 6.45) is 0.614. The van der Waals surface area contributed by atoms with Crippen molar-refractivity contribution < 1.29 is 22.8 Å². The molecule has 1 aromatic heterocycles. The third-order valence-electron chi connectivity index (χ3n) is 5.85. The van der Waals surface area contributed by atoms with Crippen LogP contribution in [0.25, 0.3) is 11.4 Å². The summed E-state index contributed by atoms with van der Waals surface area (Å²) in [4.78, 5) is 21.2. The summed E-state index contributed by atoms with van der Waals surface area (Å²) in [5.41, 5.74) is 3.05. The topological polar surface area (TPSA) is 83.7 Å². The van der Waals surface area contributed by atoms with E-state index in [1.165, 1.54) is 17.7 Å². The number of nitrogens with one attached hydrogen (secondary N) is 1. The Morgan fingerprint density at radius 1 is 1.06 bits per heavy atom. The molecular weight excluding hydrogens is 456 g/mol. The quantitative estimate of drug-likeness (QED) is 0.472. The number of carbonyl (C=O) groups is 1. The van der Waals surface area contributed by atoms with Crippen molar-refractivity contribution in [1.29, 1.82) is 0 Å². The number of nitrogens with zero attached hydrogens (tertiary/aromatic N) is 4. The van der Waals surface area contributed by atoms with E-state index >= 15 is 0 Å². The number of carbonyl (C=O) groups excluding carboxylic acids is 1. The monoisotopic (exact) mass is 485 g/mol. The molecule has 2 aromatic carbocycles. The van der Waals surface area contributed by atoms with Gasteiger partial charge in [0, 0.05) is 38.3 Å². The van der Waals surface area contributed by atoms with E-state index < -0.39 is 6.61 Å². The zero-order valence-corrected chi connectivity index (χ0v) is 19.6. The Morgan fingerprint density at radius 3 is 2.43 bits per heavy atom. The first-order chi connectivity index (χ1) is 16.9. The van der Waals surface area contributed by atoms with Crippen LogP contribution in [-0.4, -0.2) is 71.7 Å². The van der Waals surface area contributed by atoms with E-state index in [4.69, 9.17) is 4.52 Å². The molecule has 186 valence electrons. The molecule has 1 aliphatic heterocycles. The van der Waals surface area contributed by atoms with Crippen molar-refractivity contribution in [2.75, 3.05) is 39.3 Å². The predicted octanol–water partition coefficient (Wildman–Crippen LogP) is 3.12. The van der Waals surface area contributed by atoms with E-state index in [2.05, 4.69) is 30.0 Å². The molecule has 1 N–H and O–H groups in total. The fourth-order valence-corrected chi connectivity index (χ4v) is 3.88. The lowest BCUT2D eigenvalue weighted by Crippen LogP contribution is -2.49. The minimum absolute atomic E-state index is 0.0317. The molecule has 10 heteroatoms. The van der Waals surface area contributed by atoms with E-state index in [1.54, 1.807) is 12.1 Å². The van der Waals surface area contributed by atoms with E-state index in [0.717, 1.165) is 37.3 Å². The molecule has 0 radical (unpaired) electrons. The van der Waals surface area contributed by atoms with Gasteiger partial charge in [-0.15, -0.1) is 0 Å². The number of aryl methyl sites for hydroxylation is 1. The molecule has 1 amide bonds. The molecular formula is C25H29F2N5O3. The SMILES string of the molecule is Cc1ccc(-c2noc(CN3CCN(CC(=O)NCCc4ccc(OC(F)F)cc4)CC3)n2)cc1. The van der Waals surface area contributed by atoms with Crippen LogP contribution >= 0.6 is 0 Å². The highest BCUT2D eigenvalue weighted by Gasteiger charge is 2.21. The minimum atomic E-state index is -2.84. The van der Waals surface area contributed by atoms with Crippen LogP contribution in [0.1, 0.15) is 17.0 Å². The maximum Gasteiger partial charge on any atom is 0.387 e. The van der Waals surface area contributed by atoms with E-state index in [-0.39, 0.29) is 11.7 Å². The van der Waals surface area contributed by atoms with Crippen molar-refractivity contribution in [3.05, 3.63) is 65.5 Å². The van der Waals surface area contributed by atoms with Crippen molar-refractivity contribution in [3.8, 4) is 17.1 Å². The number of hydrogen-bond acceptors (Lipinski definition) is 7. The second-order valence-corrected chi connectivity index (χ2v) is 8.55. The van der Waals surface area contributed by atoms with Gasteiger partial charge in [-0.1, -0.05) is 47.1 Å². The van der Waals surface area contributed by atoms with Gasteiger partial charge in [0.25, 0.3) is 0 Å². The average Bonchev–Trinajstić information content (AvgIpc) is 3.30. The number of hydrogen-bond donors (Lipinski definition) is 1. The Labute approximate surface area is 202 Å². The smallest absolute Gasteiger partial charge is 0.387 e. The van der Waals surface area contributed by atoms with Crippen LogP contribution in [0.3, 0.4) is 0 Å². The highest BCUT2D eigenvalue weighted by atomic mass is 19.3. The van der Waals surface area contributed by atoms with Crippen molar-refractivity contribution in [2.24, 2.45) is 0 Å². The fraction of sp³-hybridized carbons (Fsp3) is 0.400. The average molecular weight is 486 g/mol. The van der Waals surface area contributed by atoms with Crippen LogP contribution in [-0.2, 0) is 17.8 Å². The third kappa shape index (κ3) is 7.56. The minimum Gasteiger partial charge on any atom is -0.435 e. The summed E-state index contributed by atoms with van der Waals surface area (Å²) < 4.78 is 34.2. The van der Waals surface area contributed by atoms with Gasteiger partial charge in [0.1, 0.15) is 5.75 Å². The van der Waals surface area contributed by atoms with Crippen LogP contribution in [0.2, 0.25) is 0 Å². The molecule has 4 rings (SSSR count). The molecule has 0 bridgehead atoms. The van der Waals surface area contributed by atoms with Crippen molar-refractivity contribution in [1.82, 2.24) is 25.3 Å². The Hall–Kier alpha value is -3.37. The highest BCUT2D eigenvalue weighted by Crippen LogP contribution is 2.18. The molecule has 8 nitrogen and oxygen atoms in total. The summed E-state index contributed by atoms with van der Waals surface area (Å²) in [5, 5.41) is 7.01. The zero-order valence-electron chi connectivity index (χ0n) is 19.6. The second-order valence-electron chi connectivity index (χ2n) is 8.55. The first-order valence-electron chi connectivity index (χ1n) is 11.6. The lowest BCUT2D eigenvalue weighted by Gasteiger charge is -2.33. The molecule has 0 aliphatic carbocycles. The Kier molecular flexibility index (Phi) is 8.38. The van der Waals surface area contributed by atoms with Gasteiger partial charge < -0.3 is 14.6 Å². The maximum absolute atomic E-state index is 12.3. The molecule has 0 unspecified atom stereocenters. The van der Waals surface area contributed by atoms with Crippen LogP contribution in [0.5, 0.6) is 5.75 Å². The van der Waals surface area contributed by atoms with Gasteiger partial charge in [0.15, 0.2) is 0 Å². The maximum atomic E-state index is 12.3. The van der Waals surface area contributed by atoms with Crippen molar-refractivity contribution in [3.63, 3.8) is 0 Å². The number of piperazine rings is 1. The highest BCUT2D eigenvalue weighted by molar-refractivity contribution is 5.78. The van der Waals surface area contributed by atoms with Gasteiger partial charge in [0.05, 0.1) is 13.1 Å². The largest absolute Gasteiger partial charge is 0.435 e. The Morgan fingerprint density at radius 2 is 1.74 bits per heavy atom. The molecule has 1 aliphatic rings. The summed E-state index contributed by atoms with van der Waals surface area (Å²) in [6.45, 7) is 3.77. The molecule has 1 saturated heterocycles. The predicted molar refractivity (Wildman–Crippen MR) is 126 cm³/mol. The van der Waals surface area contributed by atoms with Crippen LogP contribution in [0.4, 0.5) is 8.78 Å². The van der Waals surface area contributed by atoms with Crippen molar-refractivity contribution in [2.45, 2.75) is 26.5 Å². The van der Waals surface area contributed by atoms with Gasteiger partial charge in [-0.05, 0) is 31.0 Å². The lowest BCUT2D eigenvalue weighted by atomic mass is 10.1. The van der Waals surface area contributed by atoms with Crippen LogP contribution in [0.15, 0.2) is 53.1 Å². The molecule has 1 fully saturated rings. The molecule has 0 atom stereocenters. The van der Waals surface area contributed by atoms with Gasteiger partial charge in [-0.2, -0.15) is 13.8 Å². The Balaban J connectivity index is 1.14. The van der Waals surface area contributed by atoms with Gasteiger partial charge in [-0.25, -0.2) is 0 Å². The number of alkyl halides is 2. The third-order valence-corrected chi connectivity index (χ3v) is 5.85. The summed E-state index contributed by atoms with van der Waals surface area (Å²) in [6, 6.07) is 14.4. The number of rotatable bonds is 10. The number of halogens is 2. The second kappa shape index (κ2) is 11.9. The molecule has 0 saturated carbocycles. The van der Waals surface area contributed by atoms with E-state index in [0.29, 0.717) is 37.8 Å². The molecule has 3 aromatic rings. The van der Waals surface area contributed by atoms with Gasteiger partial charge in [0.2, 0.25) is 17.6 Å². The fourth-order valence-electron chi connectivity index (χ4n) is 3.88. The molecule has 35 heavy (non-hydrogen) atoms. The van der Waals surface area contributed by atoms with Gasteiger partial charge >= 0.3 is 6.61 Å². The van der Waals surface area contributed by atoms with Crippen LogP contribution < -0.4 is 10.1 Å². The number of aromatic nitrogens is 2. The lowest BCUT2D eigenvalue weighted by molar-refractivity contribution is -0.122. The van der Waals surface area contributed by atoms with Crippen LogP contribution in [0, 0.1) is 6.92 Å². The normalized spacial score (nSPS) is 14.9. The number of ether oxygens (including phenoxy) is 1. The standard InChI is InChI=1S/C25H29F2N5O3/c1-18-2-6-20(7-3-18)24-29-23(35-30-24)17-32-14-12-31(13-15-32)16-22(33)28-11-10-19-4-8-21(9-5-19)34-25(26)27/h2-9,25H,10-17H2,1H3,(H,28,33). The Bertz CT molecular complexity index is 1080. The summed E-state index contributed by atoms with van der Waals surface area (Å²) in [7, 11) is 0. The van der Waals surface area contributed by atoms with E-state index in [9.17, 15) is 13.6 Å². The zero-order chi connectivity index (χ0) is 24.6.